The standard InChI is InChI=1S/C14H18BrN3OS/c1-5-16-14-12(15)11(7-19-4)17-13(18-14)10-6-8(2)20-9(10)3/h6H,5,7H2,1-4H3,(H,16,17,18). The molecule has 108 valence electrons. The second kappa shape index (κ2) is 6.65. The van der Waals surface area contributed by atoms with Crippen LogP contribution in [0.5, 0.6) is 0 Å². The van der Waals surface area contributed by atoms with E-state index in [0.29, 0.717) is 6.61 Å². The summed E-state index contributed by atoms with van der Waals surface area (Å²) in [5.74, 6) is 1.56. The third kappa shape index (κ3) is 3.19. The molecule has 1 N–H and O–H groups in total. The number of rotatable bonds is 5. The van der Waals surface area contributed by atoms with E-state index in [1.165, 1.54) is 9.75 Å². The molecular weight excluding hydrogens is 338 g/mol. The van der Waals surface area contributed by atoms with Crippen LogP contribution in [0.1, 0.15) is 22.4 Å². The number of aromatic nitrogens is 2. The molecule has 2 heterocycles. The second-order valence-corrected chi connectivity index (χ2v) is 6.70. The average molecular weight is 356 g/mol. The molecule has 6 heteroatoms. The molecule has 0 radical (unpaired) electrons. The van der Waals surface area contributed by atoms with Gasteiger partial charge in [0, 0.05) is 29.0 Å². The first-order valence-corrected chi connectivity index (χ1v) is 8.04. The van der Waals surface area contributed by atoms with Crippen molar-refractivity contribution in [3.63, 3.8) is 0 Å². The van der Waals surface area contributed by atoms with Gasteiger partial charge in [-0.05, 0) is 42.8 Å². The van der Waals surface area contributed by atoms with Crippen LogP contribution < -0.4 is 5.32 Å². The van der Waals surface area contributed by atoms with Gasteiger partial charge in [0.05, 0.1) is 16.8 Å². The molecule has 0 saturated carbocycles. The first-order chi connectivity index (χ1) is 9.56. The fourth-order valence-corrected chi connectivity index (χ4v) is 3.34. The van der Waals surface area contributed by atoms with Crippen LogP contribution >= 0.6 is 27.3 Å². The van der Waals surface area contributed by atoms with Crippen LogP contribution in [0.4, 0.5) is 5.82 Å². The van der Waals surface area contributed by atoms with Crippen molar-refractivity contribution < 1.29 is 4.74 Å². The van der Waals surface area contributed by atoms with E-state index in [0.717, 1.165) is 33.9 Å². The Hall–Kier alpha value is -0.980. The summed E-state index contributed by atoms with van der Waals surface area (Å²) in [5, 5.41) is 3.26. The Morgan fingerprint density at radius 3 is 2.65 bits per heavy atom. The summed E-state index contributed by atoms with van der Waals surface area (Å²) in [6.07, 6.45) is 0. The molecule has 0 saturated heterocycles. The normalized spacial score (nSPS) is 10.8. The fourth-order valence-electron chi connectivity index (χ4n) is 1.98. The molecule has 0 spiro atoms. The van der Waals surface area contributed by atoms with Crippen LogP contribution in [-0.2, 0) is 11.3 Å². The predicted molar refractivity (Wildman–Crippen MR) is 87.4 cm³/mol. The molecule has 2 aromatic rings. The first-order valence-electron chi connectivity index (χ1n) is 6.43. The van der Waals surface area contributed by atoms with Crippen molar-refractivity contribution in [2.75, 3.05) is 19.0 Å². The van der Waals surface area contributed by atoms with E-state index >= 15 is 0 Å². The summed E-state index contributed by atoms with van der Waals surface area (Å²) in [5.41, 5.74) is 1.95. The molecule has 0 atom stereocenters. The molecule has 4 nitrogen and oxygen atoms in total. The Kier molecular flexibility index (Phi) is 5.12. The molecule has 0 aliphatic rings. The van der Waals surface area contributed by atoms with Crippen LogP contribution in [0.25, 0.3) is 11.4 Å². The van der Waals surface area contributed by atoms with Crippen molar-refractivity contribution in [3.8, 4) is 11.4 Å². The predicted octanol–water partition coefficient (Wildman–Crippen LogP) is 4.16. The zero-order chi connectivity index (χ0) is 14.7. The lowest BCUT2D eigenvalue weighted by atomic mass is 10.2. The minimum atomic E-state index is 0.455. The molecule has 0 fully saturated rings. The minimum absolute atomic E-state index is 0.455. The smallest absolute Gasteiger partial charge is 0.163 e. The number of hydrogen-bond donors (Lipinski definition) is 1. The Balaban J connectivity index is 2.55. The third-order valence-corrected chi connectivity index (χ3v) is 4.63. The fraction of sp³-hybridized carbons (Fsp3) is 0.429. The van der Waals surface area contributed by atoms with Gasteiger partial charge in [-0.25, -0.2) is 9.97 Å². The topological polar surface area (TPSA) is 47.0 Å². The number of thiophene rings is 1. The quantitative estimate of drug-likeness (QED) is 0.874. The lowest BCUT2D eigenvalue weighted by Gasteiger charge is -2.11. The zero-order valence-corrected chi connectivity index (χ0v) is 14.5. The van der Waals surface area contributed by atoms with Crippen molar-refractivity contribution in [2.24, 2.45) is 0 Å². The molecule has 2 rings (SSSR count). The number of hydrogen-bond acceptors (Lipinski definition) is 5. The van der Waals surface area contributed by atoms with Crippen LogP contribution in [0, 0.1) is 13.8 Å². The van der Waals surface area contributed by atoms with Gasteiger partial charge in [-0.1, -0.05) is 0 Å². The van der Waals surface area contributed by atoms with E-state index in [1.54, 1.807) is 18.4 Å². The van der Waals surface area contributed by atoms with Gasteiger partial charge in [0.25, 0.3) is 0 Å². The third-order valence-electron chi connectivity index (χ3n) is 2.83. The van der Waals surface area contributed by atoms with Gasteiger partial charge in [-0.3, -0.25) is 0 Å². The van der Waals surface area contributed by atoms with E-state index in [1.807, 2.05) is 6.92 Å². The number of methoxy groups -OCH3 is 1. The largest absolute Gasteiger partial charge is 0.378 e. The van der Waals surface area contributed by atoms with Crippen LogP contribution in [0.2, 0.25) is 0 Å². The molecule has 20 heavy (non-hydrogen) atoms. The van der Waals surface area contributed by atoms with E-state index in [4.69, 9.17) is 4.74 Å². The lowest BCUT2D eigenvalue weighted by molar-refractivity contribution is 0.181. The average Bonchev–Trinajstić information content (AvgIpc) is 2.74. The highest BCUT2D eigenvalue weighted by Crippen LogP contribution is 2.32. The van der Waals surface area contributed by atoms with Gasteiger partial charge >= 0.3 is 0 Å². The molecule has 0 bridgehead atoms. The van der Waals surface area contributed by atoms with Crippen molar-refractivity contribution in [3.05, 3.63) is 26.0 Å². The highest BCUT2D eigenvalue weighted by atomic mass is 79.9. The van der Waals surface area contributed by atoms with E-state index < -0.39 is 0 Å². The maximum absolute atomic E-state index is 5.22. The maximum atomic E-state index is 5.22. The summed E-state index contributed by atoms with van der Waals surface area (Å²) in [7, 11) is 1.67. The van der Waals surface area contributed by atoms with Crippen molar-refractivity contribution >= 4 is 33.1 Å². The Morgan fingerprint density at radius 1 is 1.35 bits per heavy atom. The SMILES string of the molecule is CCNc1nc(-c2cc(C)sc2C)nc(COC)c1Br. The first kappa shape index (κ1) is 15.4. The summed E-state index contributed by atoms with van der Waals surface area (Å²) < 4.78 is 6.09. The minimum Gasteiger partial charge on any atom is -0.378 e. The summed E-state index contributed by atoms with van der Waals surface area (Å²) in [6.45, 7) is 7.51. The van der Waals surface area contributed by atoms with Crippen LogP contribution in [-0.4, -0.2) is 23.6 Å². The van der Waals surface area contributed by atoms with Gasteiger partial charge < -0.3 is 10.1 Å². The highest BCUT2D eigenvalue weighted by Gasteiger charge is 2.15. The number of halogens is 1. The van der Waals surface area contributed by atoms with Gasteiger partial charge in [0.1, 0.15) is 5.82 Å². The summed E-state index contributed by atoms with van der Waals surface area (Å²) >= 11 is 5.31. The second-order valence-electron chi connectivity index (χ2n) is 4.45. The number of nitrogens with zero attached hydrogens (tertiary/aromatic N) is 2. The molecule has 0 aliphatic carbocycles. The lowest BCUT2D eigenvalue weighted by Crippen LogP contribution is -2.07. The molecule has 0 aromatic carbocycles. The van der Waals surface area contributed by atoms with E-state index in [9.17, 15) is 0 Å². The molecular formula is C14H18BrN3OS. The number of anilines is 1. The number of ether oxygens (including phenoxy) is 1. The van der Waals surface area contributed by atoms with Crippen molar-refractivity contribution in [1.82, 2.24) is 9.97 Å². The molecule has 0 amide bonds. The van der Waals surface area contributed by atoms with E-state index in [-0.39, 0.29) is 0 Å². The van der Waals surface area contributed by atoms with Gasteiger partial charge in [-0.2, -0.15) is 0 Å². The Labute approximate surface area is 131 Å². The molecule has 2 aromatic heterocycles. The van der Waals surface area contributed by atoms with Crippen molar-refractivity contribution in [1.29, 1.82) is 0 Å². The molecule has 0 aliphatic heterocycles. The van der Waals surface area contributed by atoms with Gasteiger partial charge in [0.15, 0.2) is 5.82 Å². The molecule has 0 unspecified atom stereocenters. The highest BCUT2D eigenvalue weighted by molar-refractivity contribution is 9.10. The number of nitrogens with one attached hydrogen (secondary N) is 1. The monoisotopic (exact) mass is 355 g/mol. The van der Waals surface area contributed by atoms with Crippen LogP contribution in [0.3, 0.4) is 0 Å². The Morgan fingerprint density at radius 2 is 2.10 bits per heavy atom. The van der Waals surface area contributed by atoms with Gasteiger partial charge in [0.2, 0.25) is 0 Å². The Bertz CT molecular complexity index is 585. The van der Waals surface area contributed by atoms with Crippen LogP contribution in [0.15, 0.2) is 10.5 Å². The number of aryl methyl sites for hydroxylation is 2. The van der Waals surface area contributed by atoms with E-state index in [2.05, 4.69) is 51.1 Å². The summed E-state index contributed by atoms with van der Waals surface area (Å²) in [4.78, 5) is 11.8. The summed E-state index contributed by atoms with van der Waals surface area (Å²) in [6, 6.07) is 2.13. The zero-order valence-electron chi connectivity index (χ0n) is 12.1. The van der Waals surface area contributed by atoms with Crippen molar-refractivity contribution in [2.45, 2.75) is 27.4 Å². The van der Waals surface area contributed by atoms with Gasteiger partial charge in [-0.15, -0.1) is 11.3 Å². The maximum Gasteiger partial charge on any atom is 0.163 e.